The minimum Gasteiger partial charge on any atom is -0.333 e. The van der Waals surface area contributed by atoms with Gasteiger partial charge in [0, 0.05) is 14.9 Å². The molecule has 1 heterocycles. The van der Waals surface area contributed by atoms with Crippen molar-refractivity contribution in [2.45, 2.75) is 17.0 Å². The Labute approximate surface area is 128 Å². The van der Waals surface area contributed by atoms with Crippen LogP contribution in [0.2, 0.25) is 0 Å². The van der Waals surface area contributed by atoms with Crippen molar-refractivity contribution in [3.05, 3.63) is 52.5 Å². The predicted octanol–water partition coefficient (Wildman–Crippen LogP) is 4.68. The SMILES string of the molecule is CC(=O)c1ccc(Sc2nc3ccccc3[nH]2)cc1Br. The van der Waals surface area contributed by atoms with Gasteiger partial charge in [-0.1, -0.05) is 39.8 Å². The number of benzene rings is 2. The van der Waals surface area contributed by atoms with Crippen LogP contribution in [0.1, 0.15) is 17.3 Å². The van der Waals surface area contributed by atoms with Crippen LogP contribution in [0.5, 0.6) is 0 Å². The van der Waals surface area contributed by atoms with Crippen molar-refractivity contribution in [3.63, 3.8) is 0 Å². The molecule has 0 bridgehead atoms. The second kappa shape index (κ2) is 5.42. The van der Waals surface area contributed by atoms with Gasteiger partial charge >= 0.3 is 0 Å². The van der Waals surface area contributed by atoms with Crippen LogP contribution in [0.15, 0.2) is 57.0 Å². The molecule has 0 aliphatic rings. The summed E-state index contributed by atoms with van der Waals surface area (Å²) in [7, 11) is 0. The highest BCUT2D eigenvalue weighted by Gasteiger charge is 2.08. The number of imidazole rings is 1. The van der Waals surface area contributed by atoms with Gasteiger partial charge in [-0.05, 0) is 37.3 Å². The van der Waals surface area contributed by atoms with E-state index < -0.39 is 0 Å². The lowest BCUT2D eigenvalue weighted by Crippen LogP contribution is -1.93. The number of carbonyl (C=O) groups excluding carboxylic acids is 1. The summed E-state index contributed by atoms with van der Waals surface area (Å²) in [6.07, 6.45) is 0. The second-order valence-corrected chi connectivity index (χ2v) is 6.28. The van der Waals surface area contributed by atoms with E-state index in [4.69, 9.17) is 0 Å². The Balaban J connectivity index is 1.90. The average Bonchev–Trinajstić information content (AvgIpc) is 2.80. The molecule has 0 fully saturated rings. The molecule has 0 unspecified atom stereocenters. The van der Waals surface area contributed by atoms with E-state index >= 15 is 0 Å². The molecule has 0 aliphatic heterocycles. The number of nitrogens with zero attached hydrogens (tertiary/aromatic N) is 1. The molecule has 3 rings (SSSR count). The lowest BCUT2D eigenvalue weighted by molar-refractivity contribution is 0.101. The van der Waals surface area contributed by atoms with Crippen LogP contribution in [0.3, 0.4) is 0 Å². The van der Waals surface area contributed by atoms with Crippen molar-refractivity contribution in [3.8, 4) is 0 Å². The van der Waals surface area contributed by atoms with E-state index in [9.17, 15) is 4.79 Å². The third-order valence-electron chi connectivity index (χ3n) is 2.90. The molecule has 0 saturated heterocycles. The summed E-state index contributed by atoms with van der Waals surface area (Å²) in [5, 5.41) is 0.841. The lowest BCUT2D eigenvalue weighted by Gasteiger charge is -2.03. The zero-order chi connectivity index (χ0) is 14.1. The first-order valence-corrected chi connectivity index (χ1v) is 7.67. The van der Waals surface area contributed by atoms with Crippen molar-refractivity contribution >= 4 is 44.5 Å². The van der Waals surface area contributed by atoms with E-state index in [2.05, 4.69) is 25.9 Å². The maximum Gasteiger partial charge on any atom is 0.171 e. The summed E-state index contributed by atoms with van der Waals surface area (Å²) in [5.74, 6) is 0.0529. The van der Waals surface area contributed by atoms with Crippen LogP contribution in [-0.4, -0.2) is 15.8 Å². The molecule has 0 amide bonds. The molecule has 100 valence electrons. The van der Waals surface area contributed by atoms with E-state index in [-0.39, 0.29) is 5.78 Å². The maximum absolute atomic E-state index is 11.4. The molecule has 0 saturated carbocycles. The molecular weight excluding hydrogens is 336 g/mol. The van der Waals surface area contributed by atoms with Gasteiger partial charge in [-0.2, -0.15) is 0 Å². The molecule has 0 spiro atoms. The number of hydrogen-bond donors (Lipinski definition) is 1. The van der Waals surface area contributed by atoms with E-state index in [1.165, 1.54) is 11.8 Å². The van der Waals surface area contributed by atoms with Gasteiger partial charge < -0.3 is 4.98 Å². The van der Waals surface area contributed by atoms with Crippen LogP contribution in [0, 0.1) is 0 Å². The molecule has 20 heavy (non-hydrogen) atoms. The number of nitrogens with one attached hydrogen (secondary N) is 1. The number of para-hydroxylation sites is 2. The number of hydrogen-bond acceptors (Lipinski definition) is 3. The number of aromatic amines is 1. The maximum atomic E-state index is 11.4. The number of H-pyrrole nitrogens is 1. The fourth-order valence-electron chi connectivity index (χ4n) is 1.93. The molecule has 1 N–H and O–H groups in total. The first-order valence-electron chi connectivity index (χ1n) is 6.06. The smallest absolute Gasteiger partial charge is 0.171 e. The molecule has 0 aliphatic carbocycles. The summed E-state index contributed by atoms with van der Waals surface area (Å²) in [6, 6.07) is 13.6. The predicted molar refractivity (Wildman–Crippen MR) is 84.4 cm³/mol. The Morgan fingerprint density at radius 1 is 1.25 bits per heavy atom. The van der Waals surface area contributed by atoms with Gasteiger partial charge in [0.1, 0.15) is 0 Å². The van der Waals surface area contributed by atoms with Gasteiger partial charge in [0.05, 0.1) is 11.0 Å². The molecule has 0 radical (unpaired) electrons. The molecule has 3 nitrogen and oxygen atoms in total. The lowest BCUT2D eigenvalue weighted by atomic mass is 10.2. The Bertz CT molecular complexity index is 764. The number of halogens is 1. The monoisotopic (exact) mass is 346 g/mol. The number of rotatable bonds is 3. The number of fused-ring (bicyclic) bond motifs is 1. The van der Waals surface area contributed by atoms with Gasteiger partial charge in [0.25, 0.3) is 0 Å². The van der Waals surface area contributed by atoms with E-state index in [1.54, 1.807) is 6.92 Å². The highest BCUT2D eigenvalue weighted by atomic mass is 79.9. The first-order chi connectivity index (χ1) is 9.63. The van der Waals surface area contributed by atoms with Crippen LogP contribution in [-0.2, 0) is 0 Å². The summed E-state index contributed by atoms with van der Waals surface area (Å²) in [6.45, 7) is 1.56. The van der Waals surface area contributed by atoms with Crippen LogP contribution in [0.25, 0.3) is 11.0 Å². The third kappa shape index (κ3) is 2.64. The summed E-state index contributed by atoms with van der Waals surface area (Å²) in [5.41, 5.74) is 2.67. The van der Waals surface area contributed by atoms with Crippen LogP contribution in [0.4, 0.5) is 0 Å². The minimum atomic E-state index is 0.0529. The number of carbonyl (C=O) groups is 1. The van der Waals surface area contributed by atoms with Crippen molar-refractivity contribution in [2.24, 2.45) is 0 Å². The summed E-state index contributed by atoms with van der Waals surface area (Å²) < 4.78 is 0.811. The van der Waals surface area contributed by atoms with Gasteiger partial charge in [-0.25, -0.2) is 4.98 Å². The molecule has 5 heteroatoms. The Morgan fingerprint density at radius 2 is 2.05 bits per heavy atom. The first kappa shape index (κ1) is 13.4. The summed E-state index contributed by atoms with van der Waals surface area (Å²) in [4.78, 5) is 20.2. The average molecular weight is 347 g/mol. The van der Waals surface area contributed by atoms with Crippen molar-refractivity contribution < 1.29 is 4.79 Å². The topological polar surface area (TPSA) is 45.8 Å². The van der Waals surface area contributed by atoms with Gasteiger partial charge in [0.2, 0.25) is 0 Å². The molecule has 1 aromatic heterocycles. The largest absolute Gasteiger partial charge is 0.333 e. The van der Waals surface area contributed by atoms with Gasteiger partial charge in [0.15, 0.2) is 10.9 Å². The second-order valence-electron chi connectivity index (χ2n) is 4.36. The number of aromatic nitrogens is 2. The highest BCUT2D eigenvalue weighted by Crippen LogP contribution is 2.30. The summed E-state index contributed by atoms with van der Waals surface area (Å²) >= 11 is 4.97. The Kier molecular flexibility index (Phi) is 3.63. The van der Waals surface area contributed by atoms with Crippen molar-refractivity contribution in [1.82, 2.24) is 9.97 Å². The van der Waals surface area contributed by atoms with Gasteiger partial charge in [-0.15, -0.1) is 0 Å². The molecule has 3 aromatic rings. The van der Waals surface area contributed by atoms with Crippen molar-refractivity contribution in [1.29, 1.82) is 0 Å². The Morgan fingerprint density at radius 3 is 2.75 bits per heavy atom. The highest BCUT2D eigenvalue weighted by molar-refractivity contribution is 9.10. The minimum absolute atomic E-state index is 0.0529. The number of ketones is 1. The molecule has 0 atom stereocenters. The van der Waals surface area contributed by atoms with Crippen molar-refractivity contribution in [2.75, 3.05) is 0 Å². The third-order valence-corrected chi connectivity index (χ3v) is 4.43. The van der Waals surface area contributed by atoms with E-state index in [0.29, 0.717) is 5.56 Å². The zero-order valence-corrected chi connectivity index (χ0v) is 13.1. The number of Topliss-reactive ketones (excluding diaryl/α,β-unsaturated/α-hetero) is 1. The fourth-order valence-corrected chi connectivity index (χ4v) is 3.58. The molecular formula is C15H11BrN2OS. The fraction of sp³-hybridized carbons (Fsp3) is 0.0667. The van der Waals surface area contributed by atoms with E-state index in [0.717, 1.165) is 25.6 Å². The van der Waals surface area contributed by atoms with Gasteiger partial charge in [-0.3, -0.25) is 4.79 Å². The van der Waals surface area contributed by atoms with E-state index in [1.807, 2.05) is 42.5 Å². The molecule has 2 aromatic carbocycles. The standard InChI is InChI=1S/C15H11BrN2OS/c1-9(19)11-7-6-10(8-12(11)16)20-15-17-13-4-2-3-5-14(13)18-15/h2-8H,1H3,(H,17,18). The Hall–Kier alpha value is -1.59. The quantitative estimate of drug-likeness (QED) is 0.700. The normalized spacial score (nSPS) is 10.9. The zero-order valence-electron chi connectivity index (χ0n) is 10.7. The van der Waals surface area contributed by atoms with Crippen LogP contribution < -0.4 is 0 Å². The van der Waals surface area contributed by atoms with Crippen LogP contribution >= 0.6 is 27.7 Å².